The maximum absolute atomic E-state index is 12.3. The van der Waals surface area contributed by atoms with E-state index in [9.17, 15) is 19.8 Å². The summed E-state index contributed by atoms with van der Waals surface area (Å²) in [4.78, 5) is 26.9. The topological polar surface area (TPSA) is 96.3 Å². The fourth-order valence-electron chi connectivity index (χ4n) is 8.62. The number of aliphatic hydroxyl groups is 2. The molecule has 7 nitrogen and oxygen atoms in total. The minimum absolute atomic E-state index is 0.0782. The third kappa shape index (κ3) is 35.9. The van der Waals surface area contributed by atoms with Gasteiger partial charge in [0, 0.05) is 25.4 Å². The van der Waals surface area contributed by atoms with E-state index in [1.165, 1.54) is 141 Å². The van der Waals surface area contributed by atoms with Gasteiger partial charge in [0.05, 0.1) is 25.9 Å². The van der Waals surface area contributed by atoms with Crippen LogP contribution >= 0.6 is 0 Å². The van der Waals surface area contributed by atoms with Crippen LogP contribution in [0.15, 0.2) is 24.3 Å². The van der Waals surface area contributed by atoms with Gasteiger partial charge in [-0.15, -0.1) is 0 Å². The number of hydrogen-bond donors (Lipinski definition) is 2. The van der Waals surface area contributed by atoms with Crippen molar-refractivity contribution in [1.82, 2.24) is 4.90 Å². The van der Waals surface area contributed by atoms with Crippen molar-refractivity contribution in [3.05, 3.63) is 24.3 Å². The minimum atomic E-state index is -0.405. The van der Waals surface area contributed by atoms with Gasteiger partial charge in [0.2, 0.25) is 0 Å². The van der Waals surface area contributed by atoms with Crippen molar-refractivity contribution in [1.29, 1.82) is 0 Å². The van der Waals surface area contributed by atoms with Gasteiger partial charge >= 0.3 is 11.9 Å². The quantitative estimate of drug-likeness (QED) is 0.0358. The van der Waals surface area contributed by atoms with Gasteiger partial charge < -0.3 is 19.7 Å². The van der Waals surface area contributed by atoms with E-state index in [-0.39, 0.29) is 30.5 Å². The molecule has 7 heteroatoms. The number of likely N-dealkylation sites (tertiary alicyclic amines) is 1. The van der Waals surface area contributed by atoms with Gasteiger partial charge in [-0.25, -0.2) is 0 Å². The normalized spacial score (nSPS) is 15.7. The molecule has 0 saturated carbocycles. The molecule has 0 radical (unpaired) electrons. The Kier molecular flexibility index (Phi) is 41.2. The predicted molar refractivity (Wildman–Crippen MR) is 254 cm³/mol. The highest BCUT2D eigenvalue weighted by atomic mass is 16.5. The van der Waals surface area contributed by atoms with E-state index >= 15 is 0 Å². The Balaban J connectivity index is 2.11. The van der Waals surface area contributed by atoms with Crippen LogP contribution < -0.4 is 0 Å². The van der Waals surface area contributed by atoms with Gasteiger partial charge in [-0.2, -0.15) is 0 Å². The van der Waals surface area contributed by atoms with Gasteiger partial charge in [-0.1, -0.05) is 147 Å². The third-order valence-corrected chi connectivity index (χ3v) is 12.6. The lowest BCUT2D eigenvalue weighted by molar-refractivity contribution is -0.144. The van der Waals surface area contributed by atoms with Gasteiger partial charge in [0.1, 0.15) is 0 Å². The average molecular weight is 846 g/mol. The largest absolute Gasteiger partial charge is 0.466 e. The van der Waals surface area contributed by atoms with Crippen LogP contribution in [0, 0.1) is 5.92 Å². The summed E-state index contributed by atoms with van der Waals surface area (Å²) in [6, 6.07) is 0.193. The molecule has 3 atom stereocenters. The third-order valence-electron chi connectivity index (χ3n) is 12.6. The monoisotopic (exact) mass is 846 g/mol. The van der Waals surface area contributed by atoms with E-state index in [0.717, 1.165) is 96.6 Å². The first-order chi connectivity index (χ1) is 29.5. The number of esters is 2. The molecule has 1 saturated heterocycles. The number of rotatable bonds is 45. The first kappa shape index (κ1) is 56.3. The van der Waals surface area contributed by atoms with E-state index in [4.69, 9.17) is 9.47 Å². The maximum Gasteiger partial charge on any atom is 0.305 e. The molecule has 60 heavy (non-hydrogen) atoms. The summed E-state index contributed by atoms with van der Waals surface area (Å²) in [5.41, 5.74) is 0. The molecule has 0 aliphatic carbocycles. The second-order valence-corrected chi connectivity index (χ2v) is 18.3. The number of hydrogen-bond acceptors (Lipinski definition) is 7. The molecule has 2 unspecified atom stereocenters. The smallest absolute Gasteiger partial charge is 0.305 e. The molecule has 1 heterocycles. The average Bonchev–Trinajstić information content (AvgIpc) is 3.71. The Morgan fingerprint density at radius 1 is 0.550 bits per heavy atom. The first-order valence-electron chi connectivity index (χ1n) is 26.2. The van der Waals surface area contributed by atoms with Crippen LogP contribution in [-0.2, 0) is 19.1 Å². The number of carbonyl (C=O) groups excluding carboxylic acids is 2. The Hall–Kier alpha value is -1.70. The molecule has 1 aliphatic rings. The zero-order valence-corrected chi connectivity index (χ0v) is 39.7. The molecule has 0 aromatic heterocycles. The fourth-order valence-corrected chi connectivity index (χ4v) is 8.62. The Bertz CT molecular complexity index is 1000. The van der Waals surface area contributed by atoms with Crippen molar-refractivity contribution in [2.45, 2.75) is 264 Å². The van der Waals surface area contributed by atoms with Gasteiger partial charge in [-0.3, -0.25) is 14.5 Å². The predicted octanol–water partition coefficient (Wildman–Crippen LogP) is 14.3. The molecule has 0 amide bonds. The highest BCUT2D eigenvalue weighted by Gasteiger charge is 2.29. The van der Waals surface area contributed by atoms with Crippen molar-refractivity contribution in [3.63, 3.8) is 0 Å². The van der Waals surface area contributed by atoms with Crippen LogP contribution in [0.1, 0.15) is 251 Å². The summed E-state index contributed by atoms with van der Waals surface area (Å²) in [5, 5.41) is 21.2. The second-order valence-electron chi connectivity index (χ2n) is 18.3. The number of nitrogens with zero attached hydrogens (tertiary/aromatic N) is 1. The minimum Gasteiger partial charge on any atom is -0.466 e. The summed E-state index contributed by atoms with van der Waals surface area (Å²) in [7, 11) is 0. The number of allylic oxidation sites excluding steroid dienone is 4. The number of ether oxygens (including phenoxy) is 2. The van der Waals surface area contributed by atoms with Crippen molar-refractivity contribution in [3.8, 4) is 0 Å². The van der Waals surface area contributed by atoms with Crippen LogP contribution in [0.3, 0.4) is 0 Å². The van der Waals surface area contributed by atoms with Crippen molar-refractivity contribution >= 4 is 11.9 Å². The number of unbranched alkanes of at least 4 members (excludes halogenated alkanes) is 25. The Morgan fingerprint density at radius 3 is 1.42 bits per heavy atom. The van der Waals surface area contributed by atoms with Crippen molar-refractivity contribution < 1.29 is 29.3 Å². The van der Waals surface area contributed by atoms with E-state index in [1.54, 1.807) is 0 Å². The highest BCUT2D eigenvalue weighted by Crippen LogP contribution is 2.25. The summed E-state index contributed by atoms with van der Waals surface area (Å²) in [6.07, 6.45) is 50.6. The summed E-state index contributed by atoms with van der Waals surface area (Å²) in [5.74, 6) is -0.0285. The van der Waals surface area contributed by atoms with E-state index in [1.807, 2.05) is 0 Å². The zero-order chi connectivity index (χ0) is 43.4. The molecule has 1 aliphatic heterocycles. The Morgan fingerprint density at radius 2 is 0.950 bits per heavy atom. The van der Waals surface area contributed by atoms with Gasteiger partial charge in [0.15, 0.2) is 0 Å². The molecular weight excluding hydrogens is 747 g/mol. The summed E-state index contributed by atoms with van der Waals surface area (Å²) < 4.78 is 11.1. The molecule has 0 aromatic rings. The maximum atomic E-state index is 12.3. The molecule has 352 valence electrons. The number of carbonyl (C=O) groups is 2. The molecule has 2 N–H and O–H groups in total. The standard InChI is InChI=1S/C53H99NO6/c1-3-5-7-9-11-13-15-17-19-21-23-25-27-29-33-42-52(57)59-45-36-31-32-41-51(56)49(47-54-44-38-40-50(54)48-55)39-35-37-46-60-53(58)43-34-30-28-26-24-22-20-18-16-14-12-10-8-6-4-2/h17-20,49-51,55-56H,3-16,21-48H2,1-2H3/b19-17-,20-18-/t49?,50-,51?/m0/s1. The molecule has 0 bridgehead atoms. The van der Waals surface area contributed by atoms with E-state index < -0.39 is 6.10 Å². The van der Waals surface area contributed by atoms with Crippen molar-refractivity contribution in [2.75, 3.05) is 32.9 Å². The fraction of sp³-hybridized carbons (Fsp3) is 0.887. The van der Waals surface area contributed by atoms with Crippen molar-refractivity contribution in [2.24, 2.45) is 5.92 Å². The SMILES string of the molecule is CCCCCCCC/C=C\CCCCCCCC(=O)OCCCCCC(O)C(CCCCOC(=O)CCCCCCC/C=C\CCCCCCCC)CN1CCC[C@H]1CO. The molecule has 0 spiro atoms. The lowest BCUT2D eigenvalue weighted by atomic mass is 9.91. The number of aliphatic hydroxyl groups excluding tert-OH is 2. The first-order valence-corrected chi connectivity index (χ1v) is 26.2. The molecule has 0 aromatic carbocycles. The van der Waals surface area contributed by atoms with Crippen LogP contribution in [0.25, 0.3) is 0 Å². The zero-order valence-electron chi connectivity index (χ0n) is 39.7. The molecule has 1 fully saturated rings. The highest BCUT2D eigenvalue weighted by molar-refractivity contribution is 5.69. The van der Waals surface area contributed by atoms with Crippen LogP contribution in [-0.4, -0.2) is 72.1 Å². The lowest BCUT2D eigenvalue weighted by Crippen LogP contribution is -2.39. The van der Waals surface area contributed by atoms with Crippen LogP contribution in [0.2, 0.25) is 0 Å². The molecule has 1 rings (SSSR count). The van der Waals surface area contributed by atoms with E-state index in [2.05, 4.69) is 43.1 Å². The second kappa shape index (κ2) is 43.9. The van der Waals surface area contributed by atoms with E-state index in [0.29, 0.717) is 26.1 Å². The Labute approximate surface area is 371 Å². The summed E-state index contributed by atoms with van der Waals surface area (Å²) in [6.45, 7) is 7.40. The van der Waals surface area contributed by atoms with Gasteiger partial charge in [-0.05, 0) is 128 Å². The lowest BCUT2D eigenvalue weighted by Gasteiger charge is -2.31. The molecular formula is C53H99NO6. The van der Waals surface area contributed by atoms with Gasteiger partial charge in [0.25, 0.3) is 0 Å². The van der Waals surface area contributed by atoms with Crippen LogP contribution in [0.4, 0.5) is 0 Å². The summed E-state index contributed by atoms with van der Waals surface area (Å²) >= 11 is 0. The van der Waals surface area contributed by atoms with Crippen LogP contribution in [0.5, 0.6) is 0 Å².